The fourth-order valence-electron chi connectivity index (χ4n) is 3.46. The minimum Gasteiger partial charge on any atom is -0.378 e. The van der Waals surface area contributed by atoms with Crippen LogP contribution in [-0.2, 0) is 11.8 Å². The van der Waals surface area contributed by atoms with Crippen molar-refractivity contribution in [2.24, 2.45) is 7.05 Å². The summed E-state index contributed by atoms with van der Waals surface area (Å²) in [6.07, 6.45) is 10.4. The zero-order valence-electron chi connectivity index (χ0n) is 15.3. The standard InChI is InChI=1S/C19H24N6O/c1-24(10-4-7-15-8-5-11-26-15)18-16-13-21-25(2)19(16)23-17(22-18)14-6-3-9-20-12-14/h3,6,9,12-13,15H,4-5,7-8,10-11H2,1-2H3/t15-/m1/s1. The average molecular weight is 352 g/mol. The molecule has 0 aliphatic carbocycles. The summed E-state index contributed by atoms with van der Waals surface area (Å²) in [5.41, 5.74) is 1.74. The zero-order chi connectivity index (χ0) is 17.9. The third-order valence-corrected chi connectivity index (χ3v) is 4.90. The van der Waals surface area contributed by atoms with Crippen LogP contribution in [0.15, 0.2) is 30.7 Å². The maximum absolute atomic E-state index is 5.73. The molecule has 7 nitrogen and oxygen atoms in total. The molecule has 4 heterocycles. The fraction of sp³-hybridized carbons (Fsp3) is 0.474. The molecule has 1 aliphatic rings. The lowest BCUT2D eigenvalue weighted by Crippen LogP contribution is -2.22. The number of aryl methyl sites for hydroxylation is 1. The van der Waals surface area contributed by atoms with Crippen molar-refractivity contribution in [2.45, 2.75) is 31.8 Å². The molecule has 0 saturated carbocycles. The molecule has 0 spiro atoms. The van der Waals surface area contributed by atoms with Crippen LogP contribution < -0.4 is 4.90 Å². The zero-order valence-corrected chi connectivity index (χ0v) is 15.3. The van der Waals surface area contributed by atoms with Gasteiger partial charge in [0.25, 0.3) is 0 Å². The van der Waals surface area contributed by atoms with E-state index in [1.165, 1.54) is 12.8 Å². The van der Waals surface area contributed by atoms with Crippen molar-refractivity contribution in [3.05, 3.63) is 30.7 Å². The van der Waals surface area contributed by atoms with E-state index in [-0.39, 0.29) is 0 Å². The Hall–Kier alpha value is -2.54. The summed E-state index contributed by atoms with van der Waals surface area (Å²) in [7, 11) is 3.99. The van der Waals surface area contributed by atoms with Gasteiger partial charge in [0, 0.05) is 45.2 Å². The molecule has 0 unspecified atom stereocenters. The number of nitrogens with zero attached hydrogens (tertiary/aromatic N) is 6. The molecular formula is C19H24N6O. The summed E-state index contributed by atoms with van der Waals surface area (Å²) in [6.45, 7) is 1.84. The molecule has 4 rings (SSSR count). The van der Waals surface area contributed by atoms with Crippen LogP contribution in [0, 0.1) is 0 Å². The summed E-state index contributed by atoms with van der Waals surface area (Å²) < 4.78 is 7.52. The van der Waals surface area contributed by atoms with Crippen LogP contribution in [0.2, 0.25) is 0 Å². The van der Waals surface area contributed by atoms with Gasteiger partial charge in [-0.3, -0.25) is 9.67 Å². The predicted molar refractivity (Wildman–Crippen MR) is 101 cm³/mol. The Labute approximate surface area is 153 Å². The second-order valence-electron chi connectivity index (χ2n) is 6.82. The molecule has 0 bridgehead atoms. The first kappa shape index (κ1) is 16.9. The molecule has 26 heavy (non-hydrogen) atoms. The van der Waals surface area contributed by atoms with Gasteiger partial charge in [0.2, 0.25) is 0 Å². The quantitative estimate of drug-likeness (QED) is 0.679. The first-order valence-corrected chi connectivity index (χ1v) is 9.15. The molecule has 3 aromatic rings. The molecule has 3 aromatic heterocycles. The molecule has 1 fully saturated rings. The van der Waals surface area contributed by atoms with E-state index in [9.17, 15) is 0 Å². The van der Waals surface area contributed by atoms with Crippen molar-refractivity contribution >= 4 is 16.9 Å². The highest BCUT2D eigenvalue weighted by molar-refractivity contribution is 5.88. The largest absolute Gasteiger partial charge is 0.378 e. The minimum atomic E-state index is 0.429. The third kappa shape index (κ3) is 3.39. The third-order valence-electron chi connectivity index (χ3n) is 4.90. The number of ether oxygens (including phenoxy) is 1. The van der Waals surface area contributed by atoms with Crippen LogP contribution in [0.4, 0.5) is 5.82 Å². The van der Waals surface area contributed by atoms with Gasteiger partial charge in [-0.05, 0) is 37.8 Å². The molecule has 1 aliphatic heterocycles. The summed E-state index contributed by atoms with van der Waals surface area (Å²) in [4.78, 5) is 15.9. The SMILES string of the molecule is CN(CCC[C@@H]1CCCO1)c1nc(-c2cccnc2)nc2c1cnn2C. The Morgan fingerprint density at radius 1 is 1.31 bits per heavy atom. The smallest absolute Gasteiger partial charge is 0.165 e. The number of rotatable bonds is 6. The van der Waals surface area contributed by atoms with E-state index in [1.54, 1.807) is 17.1 Å². The lowest BCUT2D eigenvalue weighted by molar-refractivity contribution is 0.103. The molecule has 1 atom stereocenters. The van der Waals surface area contributed by atoms with E-state index < -0.39 is 0 Å². The van der Waals surface area contributed by atoms with E-state index >= 15 is 0 Å². The molecule has 0 N–H and O–H groups in total. The number of pyridine rings is 1. The van der Waals surface area contributed by atoms with Gasteiger partial charge in [0.1, 0.15) is 5.82 Å². The van der Waals surface area contributed by atoms with Crippen molar-refractivity contribution in [1.29, 1.82) is 0 Å². The second-order valence-corrected chi connectivity index (χ2v) is 6.82. The van der Waals surface area contributed by atoms with Crippen LogP contribution in [0.3, 0.4) is 0 Å². The van der Waals surface area contributed by atoms with Gasteiger partial charge in [-0.1, -0.05) is 0 Å². The van der Waals surface area contributed by atoms with Crippen molar-refractivity contribution in [2.75, 3.05) is 25.1 Å². The number of hydrogen-bond acceptors (Lipinski definition) is 6. The van der Waals surface area contributed by atoms with Gasteiger partial charge < -0.3 is 9.64 Å². The van der Waals surface area contributed by atoms with Crippen molar-refractivity contribution in [1.82, 2.24) is 24.7 Å². The average Bonchev–Trinajstić information content (AvgIpc) is 3.32. The maximum Gasteiger partial charge on any atom is 0.165 e. The minimum absolute atomic E-state index is 0.429. The fourth-order valence-corrected chi connectivity index (χ4v) is 3.46. The summed E-state index contributed by atoms with van der Waals surface area (Å²) in [5, 5.41) is 5.34. The van der Waals surface area contributed by atoms with E-state index in [0.29, 0.717) is 11.9 Å². The normalized spacial score (nSPS) is 17.1. The lowest BCUT2D eigenvalue weighted by atomic mass is 10.1. The Morgan fingerprint density at radius 3 is 3.00 bits per heavy atom. The Kier molecular flexibility index (Phi) is 4.79. The van der Waals surface area contributed by atoms with Crippen LogP contribution in [-0.4, -0.2) is 51.0 Å². The van der Waals surface area contributed by atoms with Crippen molar-refractivity contribution < 1.29 is 4.74 Å². The van der Waals surface area contributed by atoms with Crippen LogP contribution >= 0.6 is 0 Å². The molecule has 1 saturated heterocycles. The van der Waals surface area contributed by atoms with Gasteiger partial charge in [-0.2, -0.15) is 5.10 Å². The van der Waals surface area contributed by atoms with E-state index in [2.05, 4.69) is 22.0 Å². The van der Waals surface area contributed by atoms with Gasteiger partial charge in [0.05, 0.1) is 17.7 Å². The lowest BCUT2D eigenvalue weighted by Gasteiger charge is -2.20. The topological polar surface area (TPSA) is 69.0 Å². The molecule has 7 heteroatoms. The van der Waals surface area contributed by atoms with E-state index in [0.717, 1.165) is 48.4 Å². The van der Waals surface area contributed by atoms with Crippen LogP contribution in [0.25, 0.3) is 22.4 Å². The monoisotopic (exact) mass is 352 g/mol. The highest BCUT2D eigenvalue weighted by Crippen LogP contribution is 2.27. The van der Waals surface area contributed by atoms with Crippen molar-refractivity contribution in [3.8, 4) is 11.4 Å². The molecular weight excluding hydrogens is 328 g/mol. The van der Waals surface area contributed by atoms with E-state index in [1.807, 2.05) is 25.4 Å². The van der Waals surface area contributed by atoms with Crippen LogP contribution in [0.1, 0.15) is 25.7 Å². The molecule has 0 radical (unpaired) electrons. The summed E-state index contributed by atoms with van der Waals surface area (Å²) in [6, 6.07) is 3.88. The first-order valence-electron chi connectivity index (χ1n) is 9.15. The summed E-state index contributed by atoms with van der Waals surface area (Å²) >= 11 is 0. The van der Waals surface area contributed by atoms with Crippen molar-refractivity contribution in [3.63, 3.8) is 0 Å². The van der Waals surface area contributed by atoms with E-state index in [4.69, 9.17) is 14.7 Å². The summed E-state index contributed by atoms with van der Waals surface area (Å²) in [5.74, 6) is 1.59. The highest BCUT2D eigenvalue weighted by atomic mass is 16.5. The number of aromatic nitrogens is 5. The van der Waals surface area contributed by atoms with Gasteiger partial charge in [0.15, 0.2) is 11.5 Å². The highest BCUT2D eigenvalue weighted by Gasteiger charge is 2.18. The maximum atomic E-state index is 5.73. The molecule has 136 valence electrons. The van der Waals surface area contributed by atoms with Gasteiger partial charge >= 0.3 is 0 Å². The first-order chi connectivity index (χ1) is 12.7. The molecule has 0 amide bonds. The number of hydrogen-bond donors (Lipinski definition) is 0. The second kappa shape index (κ2) is 7.37. The number of fused-ring (bicyclic) bond motifs is 1. The Morgan fingerprint density at radius 2 is 2.23 bits per heavy atom. The van der Waals surface area contributed by atoms with Gasteiger partial charge in [-0.25, -0.2) is 9.97 Å². The Balaban J connectivity index is 1.60. The van der Waals surface area contributed by atoms with Crippen LogP contribution in [0.5, 0.6) is 0 Å². The Bertz CT molecular complexity index is 872. The molecule has 0 aromatic carbocycles. The van der Waals surface area contributed by atoms with Gasteiger partial charge in [-0.15, -0.1) is 0 Å². The number of anilines is 1. The predicted octanol–water partition coefficient (Wildman–Crippen LogP) is 2.82.